The van der Waals surface area contributed by atoms with Crippen LogP contribution in [0.4, 0.5) is 5.69 Å². The molecule has 0 heterocycles. The highest BCUT2D eigenvalue weighted by atomic mass is 16.2. The maximum absolute atomic E-state index is 12.2. The fourth-order valence-electron chi connectivity index (χ4n) is 3.13. The molecule has 1 fully saturated rings. The maximum Gasteiger partial charge on any atom is 0.251 e. The highest BCUT2D eigenvalue weighted by Crippen LogP contribution is 2.21. The Bertz CT molecular complexity index is 548. The van der Waals surface area contributed by atoms with Gasteiger partial charge in [-0.2, -0.15) is 0 Å². The van der Waals surface area contributed by atoms with Crippen molar-refractivity contribution in [3.05, 3.63) is 29.8 Å². The molecular weight excluding hydrogens is 302 g/mol. The summed E-state index contributed by atoms with van der Waals surface area (Å²) >= 11 is 0. The van der Waals surface area contributed by atoms with Gasteiger partial charge in [0.05, 0.1) is 6.54 Å². The zero-order valence-corrected chi connectivity index (χ0v) is 15.0. The summed E-state index contributed by atoms with van der Waals surface area (Å²) in [5.41, 5.74) is 1.32. The standard InChI is InChI=1S/C19H29N3O2/c1-14(2)20-19(24)15-9-11-16(12-10-15)21-18(23)13-22(3)17-7-5-4-6-8-17/h9-12,14,17H,4-8,13H2,1-3H3,(H,20,24)(H,21,23). The summed E-state index contributed by atoms with van der Waals surface area (Å²) in [5.74, 6) is -0.109. The average molecular weight is 331 g/mol. The molecule has 0 radical (unpaired) electrons. The highest BCUT2D eigenvalue weighted by molar-refractivity contribution is 5.96. The second-order valence-electron chi connectivity index (χ2n) is 6.96. The van der Waals surface area contributed by atoms with E-state index in [1.165, 1.54) is 32.1 Å². The molecule has 0 aromatic heterocycles. The molecule has 1 aromatic rings. The molecule has 132 valence electrons. The largest absolute Gasteiger partial charge is 0.350 e. The fourth-order valence-corrected chi connectivity index (χ4v) is 3.13. The summed E-state index contributed by atoms with van der Waals surface area (Å²) in [7, 11) is 2.02. The normalized spacial score (nSPS) is 15.5. The van der Waals surface area contributed by atoms with E-state index >= 15 is 0 Å². The molecule has 1 aliphatic carbocycles. The van der Waals surface area contributed by atoms with Crippen molar-refractivity contribution in [2.24, 2.45) is 0 Å². The lowest BCUT2D eigenvalue weighted by atomic mass is 9.94. The van der Waals surface area contributed by atoms with Crippen molar-refractivity contribution in [1.82, 2.24) is 10.2 Å². The van der Waals surface area contributed by atoms with Crippen LogP contribution in [-0.4, -0.2) is 42.4 Å². The second kappa shape index (κ2) is 8.83. The van der Waals surface area contributed by atoms with Crippen LogP contribution in [-0.2, 0) is 4.79 Å². The van der Waals surface area contributed by atoms with E-state index in [9.17, 15) is 9.59 Å². The molecule has 2 amide bonds. The Morgan fingerprint density at radius 3 is 2.33 bits per heavy atom. The number of nitrogens with zero attached hydrogens (tertiary/aromatic N) is 1. The molecular formula is C19H29N3O2. The summed E-state index contributed by atoms with van der Waals surface area (Å²) in [4.78, 5) is 26.3. The average Bonchev–Trinajstić information content (AvgIpc) is 2.55. The second-order valence-corrected chi connectivity index (χ2v) is 6.96. The first-order valence-electron chi connectivity index (χ1n) is 8.86. The smallest absolute Gasteiger partial charge is 0.251 e. The molecule has 0 unspecified atom stereocenters. The topological polar surface area (TPSA) is 61.4 Å². The molecule has 1 saturated carbocycles. The Hall–Kier alpha value is -1.88. The van der Waals surface area contributed by atoms with E-state index in [0.29, 0.717) is 18.2 Å². The van der Waals surface area contributed by atoms with Gasteiger partial charge in [-0.15, -0.1) is 0 Å². The van der Waals surface area contributed by atoms with Crippen molar-refractivity contribution in [2.75, 3.05) is 18.9 Å². The molecule has 2 rings (SSSR count). The molecule has 1 aliphatic rings. The van der Waals surface area contributed by atoms with Gasteiger partial charge in [-0.05, 0) is 58.0 Å². The number of likely N-dealkylation sites (N-methyl/N-ethyl adjacent to an activating group) is 1. The molecule has 2 N–H and O–H groups in total. The quantitative estimate of drug-likeness (QED) is 0.842. The number of hydrogen-bond donors (Lipinski definition) is 2. The van der Waals surface area contributed by atoms with Gasteiger partial charge in [0.2, 0.25) is 5.91 Å². The number of carbonyl (C=O) groups is 2. The number of benzene rings is 1. The van der Waals surface area contributed by atoms with Crippen molar-refractivity contribution < 1.29 is 9.59 Å². The van der Waals surface area contributed by atoms with Crippen molar-refractivity contribution in [2.45, 2.75) is 58.0 Å². The lowest BCUT2D eigenvalue weighted by Gasteiger charge is -2.30. The van der Waals surface area contributed by atoms with Crippen molar-refractivity contribution in [3.63, 3.8) is 0 Å². The van der Waals surface area contributed by atoms with Crippen molar-refractivity contribution in [3.8, 4) is 0 Å². The Labute approximate surface area is 144 Å². The van der Waals surface area contributed by atoms with Gasteiger partial charge in [-0.3, -0.25) is 14.5 Å². The van der Waals surface area contributed by atoms with Gasteiger partial charge in [0.1, 0.15) is 0 Å². The Morgan fingerprint density at radius 1 is 1.12 bits per heavy atom. The van der Waals surface area contributed by atoms with Crippen molar-refractivity contribution in [1.29, 1.82) is 0 Å². The van der Waals surface area contributed by atoms with Crippen LogP contribution in [0, 0.1) is 0 Å². The third-order valence-corrected chi connectivity index (χ3v) is 4.44. The first kappa shape index (κ1) is 18.5. The zero-order valence-electron chi connectivity index (χ0n) is 15.0. The van der Waals surface area contributed by atoms with Crippen LogP contribution in [0.15, 0.2) is 24.3 Å². The first-order chi connectivity index (χ1) is 11.5. The van der Waals surface area contributed by atoms with Crippen molar-refractivity contribution >= 4 is 17.5 Å². The summed E-state index contributed by atoms with van der Waals surface area (Å²) in [5, 5.41) is 5.76. The van der Waals surface area contributed by atoms with Gasteiger partial charge in [-0.25, -0.2) is 0 Å². The lowest BCUT2D eigenvalue weighted by Crippen LogP contribution is -2.39. The maximum atomic E-state index is 12.2. The minimum absolute atomic E-state index is 0.0116. The minimum atomic E-state index is -0.0973. The van der Waals surface area contributed by atoms with Crippen LogP contribution in [0.3, 0.4) is 0 Å². The van der Waals surface area contributed by atoms with Gasteiger partial charge in [0.15, 0.2) is 0 Å². The number of amides is 2. The third-order valence-electron chi connectivity index (χ3n) is 4.44. The van der Waals surface area contributed by atoms with Crippen LogP contribution < -0.4 is 10.6 Å². The number of carbonyl (C=O) groups excluding carboxylic acids is 2. The van der Waals surface area contributed by atoms with Gasteiger partial charge in [0.25, 0.3) is 5.91 Å². The van der Waals surface area contributed by atoms with E-state index in [4.69, 9.17) is 0 Å². The fraction of sp³-hybridized carbons (Fsp3) is 0.579. The Kier molecular flexibility index (Phi) is 6.79. The van der Waals surface area contributed by atoms with E-state index in [2.05, 4.69) is 15.5 Å². The number of hydrogen-bond acceptors (Lipinski definition) is 3. The predicted octanol–water partition coefficient (Wildman–Crippen LogP) is 3.03. The summed E-state index contributed by atoms with van der Waals surface area (Å²) in [6, 6.07) is 7.64. The zero-order chi connectivity index (χ0) is 17.5. The molecule has 0 spiro atoms. The van der Waals surface area contributed by atoms with Crippen LogP contribution >= 0.6 is 0 Å². The lowest BCUT2D eigenvalue weighted by molar-refractivity contribution is -0.117. The van der Waals surface area contributed by atoms with Gasteiger partial charge >= 0.3 is 0 Å². The van der Waals surface area contributed by atoms with Crippen LogP contribution in [0.5, 0.6) is 0 Å². The van der Waals surface area contributed by atoms with Gasteiger partial charge in [0, 0.05) is 23.3 Å². The highest BCUT2D eigenvalue weighted by Gasteiger charge is 2.19. The molecule has 1 aromatic carbocycles. The molecule has 0 aliphatic heterocycles. The molecule has 24 heavy (non-hydrogen) atoms. The molecule has 0 bridgehead atoms. The summed E-state index contributed by atoms with van der Waals surface area (Å²) < 4.78 is 0. The molecule has 0 atom stereocenters. The van der Waals surface area contributed by atoms with Crippen LogP contribution in [0.25, 0.3) is 0 Å². The third kappa shape index (κ3) is 5.64. The monoisotopic (exact) mass is 331 g/mol. The predicted molar refractivity (Wildman–Crippen MR) is 97.2 cm³/mol. The number of anilines is 1. The van der Waals surface area contributed by atoms with E-state index in [1.807, 2.05) is 20.9 Å². The Balaban J connectivity index is 1.84. The SMILES string of the molecule is CC(C)NC(=O)c1ccc(NC(=O)CN(C)C2CCCCC2)cc1. The van der Waals surface area contributed by atoms with E-state index in [-0.39, 0.29) is 17.9 Å². The molecule has 5 heteroatoms. The number of rotatable bonds is 6. The van der Waals surface area contributed by atoms with E-state index < -0.39 is 0 Å². The first-order valence-corrected chi connectivity index (χ1v) is 8.86. The number of nitrogens with one attached hydrogen (secondary N) is 2. The van der Waals surface area contributed by atoms with Gasteiger partial charge in [-0.1, -0.05) is 19.3 Å². The van der Waals surface area contributed by atoms with E-state index in [1.54, 1.807) is 24.3 Å². The summed E-state index contributed by atoms with van der Waals surface area (Å²) in [6.07, 6.45) is 6.20. The van der Waals surface area contributed by atoms with Gasteiger partial charge < -0.3 is 10.6 Å². The minimum Gasteiger partial charge on any atom is -0.350 e. The van der Waals surface area contributed by atoms with Crippen LogP contribution in [0.1, 0.15) is 56.3 Å². The molecule has 5 nitrogen and oxygen atoms in total. The Morgan fingerprint density at radius 2 is 1.75 bits per heavy atom. The van der Waals surface area contributed by atoms with E-state index in [0.717, 1.165) is 5.69 Å². The molecule has 0 saturated heterocycles. The summed E-state index contributed by atoms with van der Waals surface area (Å²) in [6.45, 7) is 4.25. The van der Waals surface area contributed by atoms with Crippen LogP contribution in [0.2, 0.25) is 0 Å².